The van der Waals surface area contributed by atoms with Crippen LogP contribution in [-0.2, 0) is 0 Å². The summed E-state index contributed by atoms with van der Waals surface area (Å²) in [6.07, 6.45) is 2.43. The predicted octanol–water partition coefficient (Wildman–Crippen LogP) is 4.40. The lowest BCUT2D eigenvalue weighted by molar-refractivity contribution is 0.101. The zero-order chi connectivity index (χ0) is 16.6. The second-order valence-electron chi connectivity index (χ2n) is 6.01. The van der Waals surface area contributed by atoms with Gasteiger partial charge in [0.05, 0.1) is 18.7 Å². The van der Waals surface area contributed by atoms with Crippen molar-refractivity contribution < 1.29 is 9.53 Å². The zero-order valence-corrected chi connectivity index (χ0v) is 14.4. The highest BCUT2D eigenvalue weighted by Gasteiger charge is 2.28. The Bertz CT molecular complexity index is 748. The number of ketones is 1. The molecule has 3 rings (SSSR count). The Balaban J connectivity index is 1.70. The van der Waals surface area contributed by atoms with Gasteiger partial charge < -0.3 is 14.6 Å². The van der Waals surface area contributed by atoms with Crippen molar-refractivity contribution in [2.45, 2.75) is 32.7 Å². The molecule has 1 N–H and O–H groups in total. The molecule has 0 aliphatic heterocycles. The first-order chi connectivity index (χ1) is 11.0. The van der Waals surface area contributed by atoms with Crippen molar-refractivity contribution in [2.24, 2.45) is 0 Å². The molecular formula is C18H21ClN2O2. The molecule has 5 heteroatoms. The maximum absolute atomic E-state index is 12.5. The number of methoxy groups -OCH3 is 1. The highest BCUT2D eigenvalue weighted by atomic mass is 35.5. The molecule has 122 valence electrons. The number of nitrogens with one attached hydrogen (secondary N) is 1. The number of benzene rings is 1. The third kappa shape index (κ3) is 3.22. The van der Waals surface area contributed by atoms with Crippen molar-refractivity contribution in [3.05, 3.63) is 46.2 Å². The van der Waals surface area contributed by atoms with Gasteiger partial charge in [0.2, 0.25) is 0 Å². The quantitative estimate of drug-likeness (QED) is 0.797. The number of carbonyl (C=O) groups is 1. The Hall–Kier alpha value is -1.94. The van der Waals surface area contributed by atoms with Gasteiger partial charge in [0, 0.05) is 28.7 Å². The van der Waals surface area contributed by atoms with Gasteiger partial charge >= 0.3 is 0 Å². The van der Waals surface area contributed by atoms with E-state index in [4.69, 9.17) is 16.3 Å². The minimum atomic E-state index is 0.0944. The number of aromatic nitrogens is 1. The van der Waals surface area contributed by atoms with E-state index in [1.165, 1.54) is 18.5 Å². The Morgan fingerprint density at radius 2 is 2.09 bits per heavy atom. The summed E-state index contributed by atoms with van der Waals surface area (Å²) in [5.41, 5.74) is 3.85. The van der Waals surface area contributed by atoms with Crippen molar-refractivity contribution in [1.29, 1.82) is 0 Å². The van der Waals surface area contributed by atoms with E-state index in [1.54, 1.807) is 19.2 Å². The summed E-state index contributed by atoms with van der Waals surface area (Å²) >= 11 is 6.10. The maximum atomic E-state index is 12.5. The fourth-order valence-electron chi connectivity index (χ4n) is 3.01. The molecule has 0 bridgehead atoms. The average molecular weight is 333 g/mol. The zero-order valence-electron chi connectivity index (χ0n) is 13.6. The smallest absolute Gasteiger partial charge is 0.183 e. The van der Waals surface area contributed by atoms with E-state index in [0.717, 1.165) is 16.9 Å². The molecular weight excluding hydrogens is 312 g/mol. The van der Waals surface area contributed by atoms with E-state index < -0.39 is 0 Å². The minimum absolute atomic E-state index is 0.0944. The number of nitrogens with zero attached hydrogens (tertiary/aromatic N) is 1. The second-order valence-corrected chi connectivity index (χ2v) is 6.42. The van der Waals surface area contributed by atoms with Crippen molar-refractivity contribution in [2.75, 3.05) is 19.0 Å². The van der Waals surface area contributed by atoms with Gasteiger partial charge in [-0.15, -0.1) is 0 Å². The van der Waals surface area contributed by atoms with Crippen LogP contribution in [0, 0.1) is 13.8 Å². The van der Waals surface area contributed by atoms with Gasteiger partial charge in [0.25, 0.3) is 0 Å². The first-order valence-corrected chi connectivity index (χ1v) is 8.18. The van der Waals surface area contributed by atoms with Crippen LogP contribution in [0.5, 0.6) is 5.75 Å². The fourth-order valence-corrected chi connectivity index (χ4v) is 3.27. The van der Waals surface area contributed by atoms with E-state index >= 15 is 0 Å². The summed E-state index contributed by atoms with van der Waals surface area (Å²) in [5, 5.41) is 3.66. The Morgan fingerprint density at radius 3 is 2.70 bits per heavy atom. The second kappa shape index (κ2) is 6.28. The Labute approximate surface area is 141 Å². The molecule has 0 unspecified atom stereocenters. The molecule has 1 aliphatic carbocycles. The minimum Gasteiger partial charge on any atom is -0.495 e. The molecule has 1 aliphatic rings. The summed E-state index contributed by atoms with van der Waals surface area (Å²) < 4.78 is 7.41. The van der Waals surface area contributed by atoms with Crippen LogP contribution in [0.4, 0.5) is 5.69 Å². The molecule has 1 aromatic carbocycles. The largest absolute Gasteiger partial charge is 0.495 e. The molecule has 1 saturated carbocycles. The standard InChI is InChI=1S/C18H21ClN2O2/c1-11-8-15(12(2)21(11)14-5-6-14)17(22)10-20-13-4-7-18(23-3)16(19)9-13/h4,7-9,14,20H,5-6,10H2,1-3H3. The monoisotopic (exact) mass is 332 g/mol. The van der Waals surface area contributed by atoms with Crippen LogP contribution in [0.25, 0.3) is 0 Å². The molecule has 0 atom stereocenters. The molecule has 4 nitrogen and oxygen atoms in total. The third-order valence-corrected chi connectivity index (χ3v) is 4.60. The number of anilines is 1. The molecule has 0 saturated heterocycles. The number of aryl methyl sites for hydroxylation is 1. The fraction of sp³-hybridized carbons (Fsp3) is 0.389. The van der Waals surface area contributed by atoms with Gasteiger partial charge in [-0.2, -0.15) is 0 Å². The number of halogens is 1. The van der Waals surface area contributed by atoms with Crippen molar-refractivity contribution in [3.8, 4) is 5.75 Å². The van der Waals surface area contributed by atoms with Gasteiger partial charge in [-0.3, -0.25) is 4.79 Å². The lowest BCUT2D eigenvalue weighted by Gasteiger charge is -2.09. The van der Waals surface area contributed by atoms with Crippen molar-refractivity contribution in [3.63, 3.8) is 0 Å². The van der Waals surface area contributed by atoms with E-state index in [-0.39, 0.29) is 12.3 Å². The topological polar surface area (TPSA) is 43.3 Å². The highest BCUT2D eigenvalue weighted by Crippen LogP contribution is 2.38. The van der Waals surface area contributed by atoms with E-state index in [1.807, 2.05) is 19.1 Å². The third-order valence-electron chi connectivity index (χ3n) is 4.30. The summed E-state index contributed by atoms with van der Waals surface area (Å²) in [6.45, 7) is 4.35. The molecule has 0 spiro atoms. The van der Waals surface area contributed by atoms with E-state index in [9.17, 15) is 4.79 Å². The number of Topliss-reactive ketones (excluding diaryl/α,β-unsaturated/α-hetero) is 1. The first kappa shape index (κ1) is 15.9. The van der Waals surface area contributed by atoms with Crippen LogP contribution in [0.15, 0.2) is 24.3 Å². The maximum Gasteiger partial charge on any atom is 0.183 e. The Morgan fingerprint density at radius 1 is 1.35 bits per heavy atom. The summed E-state index contributed by atoms with van der Waals surface area (Å²) in [4.78, 5) is 12.5. The lowest BCUT2D eigenvalue weighted by Crippen LogP contribution is -2.15. The van der Waals surface area contributed by atoms with Gasteiger partial charge in [0.15, 0.2) is 5.78 Å². The number of hydrogen-bond acceptors (Lipinski definition) is 3. The van der Waals surface area contributed by atoms with Crippen LogP contribution in [0.2, 0.25) is 5.02 Å². The van der Waals surface area contributed by atoms with Gasteiger partial charge in [0.1, 0.15) is 5.75 Å². The summed E-state index contributed by atoms with van der Waals surface area (Å²) in [6, 6.07) is 7.99. The Kier molecular flexibility index (Phi) is 4.35. The first-order valence-electron chi connectivity index (χ1n) is 7.80. The normalized spacial score (nSPS) is 13.9. The molecule has 0 amide bonds. The van der Waals surface area contributed by atoms with E-state index in [2.05, 4.69) is 16.8 Å². The van der Waals surface area contributed by atoms with Crippen molar-refractivity contribution in [1.82, 2.24) is 4.57 Å². The molecule has 23 heavy (non-hydrogen) atoms. The molecule has 0 radical (unpaired) electrons. The molecule has 1 aromatic heterocycles. The highest BCUT2D eigenvalue weighted by molar-refractivity contribution is 6.32. The SMILES string of the molecule is COc1ccc(NCC(=O)c2cc(C)n(C3CC3)c2C)cc1Cl. The molecule has 1 fully saturated rings. The number of rotatable bonds is 6. The van der Waals surface area contributed by atoms with Crippen LogP contribution in [-0.4, -0.2) is 24.0 Å². The molecule has 2 aromatic rings. The van der Waals surface area contributed by atoms with Crippen molar-refractivity contribution >= 4 is 23.1 Å². The van der Waals surface area contributed by atoms with Crippen LogP contribution >= 0.6 is 11.6 Å². The lowest BCUT2D eigenvalue weighted by atomic mass is 10.1. The molecule has 1 heterocycles. The summed E-state index contributed by atoms with van der Waals surface area (Å²) in [7, 11) is 1.58. The average Bonchev–Trinajstić information content (AvgIpc) is 3.30. The van der Waals surface area contributed by atoms with Crippen LogP contribution in [0.3, 0.4) is 0 Å². The van der Waals surface area contributed by atoms with Gasteiger partial charge in [-0.05, 0) is 51.0 Å². The number of ether oxygens (including phenoxy) is 1. The van der Waals surface area contributed by atoms with E-state index in [0.29, 0.717) is 16.8 Å². The van der Waals surface area contributed by atoms with Crippen LogP contribution in [0.1, 0.15) is 40.6 Å². The number of carbonyl (C=O) groups excluding carboxylic acids is 1. The van der Waals surface area contributed by atoms with Gasteiger partial charge in [-0.1, -0.05) is 11.6 Å². The van der Waals surface area contributed by atoms with Gasteiger partial charge in [-0.25, -0.2) is 0 Å². The van der Waals surface area contributed by atoms with Crippen LogP contribution < -0.4 is 10.1 Å². The number of hydrogen-bond donors (Lipinski definition) is 1. The predicted molar refractivity (Wildman–Crippen MR) is 93.0 cm³/mol. The summed E-state index contributed by atoms with van der Waals surface area (Å²) in [5.74, 6) is 0.716.